The minimum atomic E-state index is 0.412. The van der Waals surface area contributed by atoms with Crippen LogP contribution < -0.4 is 4.74 Å². The highest BCUT2D eigenvalue weighted by Crippen LogP contribution is 2.43. The van der Waals surface area contributed by atoms with E-state index < -0.39 is 0 Å². The molecule has 29 heavy (non-hydrogen) atoms. The first-order valence-corrected chi connectivity index (χ1v) is 11.0. The van der Waals surface area contributed by atoms with Gasteiger partial charge in [-0.25, -0.2) is 4.98 Å². The number of aryl methyl sites for hydroxylation is 2. The number of thiophene rings is 1. The molecule has 0 atom stereocenters. The number of fused-ring (bicyclic) bond motifs is 4. The second-order valence-electron chi connectivity index (χ2n) is 7.36. The summed E-state index contributed by atoms with van der Waals surface area (Å²) in [5, 5.41) is 11.0. The molecular formula is C24H21N3OS. The van der Waals surface area contributed by atoms with Gasteiger partial charge in [0.2, 0.25) is 5.88 Å². The van der Waals surface area contributed by atoms with Gasteiger partial charge >= 0.3 is 0 Å². The van der Waals surface area contributed by atoms with Gasteiger partial charge < -0.3 is 4.74 Å². The van der Waals surface area contributed by atoms with E-state index in [2.05, 4.69) is 12.1 Å². The van der Waals surface area contributed by atoms with Crippen molar-refractivity contribution in [3.05, 3.63) is 53.2 Å². The monoisotopic (exact) mass is 399 g/mol. The molecule has 4 aromatic rings. The Morgan fingerprint density at radius 1 is 1.10 bits per heavy atom. The number of hydrogen-bond donors (Lipinski definition) is 0. The molecule has 0 N–H and O–H groups in total. The quantitative estimate of drug-likeness (QED) is 0.393. The van der Waals surface area contributed by atoms with Gasteiger partial charge in [-0.1, -0.05) is 36.8 Å². The third kappa shape index (κ3) is 3.04. The van der Waals surface area contributed by atoms with Crippen molar-refractivity contribution in [1.82, 2.24) is 9.97 Å². The lowest BCUT2D eigenvalue weighted by molar-refractivity contribution is 0.327. The van der Waals surface area contributed by atoms with Crippen LogP contribution in [0.1, 0.15) is 43.0 Å². The number of rotatable bonds is 3. The standard InChI is InChI=1S/C24H21N3OS/c1-2-28-23-17(14-25)20(15-9-5-3-6-10-15)21-22-19(29-24(21)27-23)13-16-11-7-4-8-12-18(16)26-22/h3,5-6,9-10,13H,2,4,7-8,11-12H2,1H3. The first-order chi connectivity index (χ1) is 14.3. The van der Waals surface area contributed by atoms with Crippen molar-refractivity contribution in [2.24, 2.45) is 0 Å². The summed E-state index contributed by atoms with van der Waals surface area (Å²) < 4.78 is 6.90. The van der Waals surface area contributed by atoms with Crippen LogP contribution >= 0.6 is 11.3 Å². The van der Waals surface area contributed by atoms with Crippen LogP contribution in [0.25, 0.3) is 31.6 Å². The summed E-state index contributed by atoms with van der Waals surface area (Å²) in [6.07, 6.45) is 5.80. The topological polar surface area (TPSA) is 58.8 Å². The molecule has 1 aliphatic rings. The van der Waals surface area contributed by atoms with Gasteiger partial charge in [0.05, 0.1) is 16.8 Å². The molecule has 4 nitrogen and oxygen atoms in total. The Balaban J connectivity index is 1.90. The van der Waals surface area contributed by atoms with E-state index in [1.165, 1.54) is 30.5 Å². The highest BCUT2D eigenvalue weighted by Gasteiger charge is 2.23. The summed E-state index contributed by atoms with van der Waals surface area (Å²) in [6.45, 7) is 2.39. The molecule has 3 aromatic heterocycles. The number of pyridine rings is 2. The number of nitrogens with zero attached hydrogens (tertiary/aromatic N) is 3. The lowest BCUT2D eigenvalue weighted by Gasteiger charge is -2.11. The highest BCUT2D eigenvalue weighted by atomic mass is 32.1. The van der Waals surface area contributed by atoms with Crippen molar-refractivity contribution < 1.29 is 4.74 Å². The number of ether oxygens (including phenoxy) is 1. The average Bonchev–Trinajstić information content (AvgIpc) is 2.93. The molecule has 0 amide bonds. The lowest BCUT2D eigenvalue weighted by Crippen LogP contribution is -2.00. The molecule has 144 valence electrons. The van der Waals surface area contributed by atoms with Crippen LogP contribution in [0.2, 0.25) is 0 Å². The van der Waals surface area contributed by atoms with Crippen LogP contribution in [0.4, 0.5) is 0 Å². The first-order valence-electron chi connectivity index (χ1n) is 10.2. The Morgan fingerprint density at radius 3 is 2.72 bits per heavy atom. The molecule has 0 fully saturated rings. The maximum Gasteiger partial charge on any atom is 0.233 e. The maximum atomic E-state index is 10.00. The molecule has 1 aromatic carbocycles. The fraction of sp³-hybridized carbons (Fsp3) is 0.292. The van der Waals surface area contributed by atoms with E-state index in [1.54, 1.807) is 11.3 Å². The van der Waals surface area contributed by atoms with E-state index in [1.807, 2.05) is 37.3 Å². The van der Waals surface area contributed by atoms with Crippen molar-refractivity contribution in [2.45, 2.75) is 39.0 Å². The Morgan fingerprint density at radius 2 is 1.93 bits per heavy atom. The fourth-order valence-corrected chi connectivity index (χ4v) is 5.31. The normalized spacial score (nSPS) is 13.8. The summed E-state index contributed by atoms with van der Waals surface area (Å²) in [4.78, 5) is 10.7. The smallest absolute Gasteiger partial charge is 0.233 e. The molecular weight excluding hydrogens is 378 g/mol. The minimum absolute atomic E-state index is 0.412. The molecule has 3 heterocycles. The summed E-state index contributed by atoms with van der Waals surface area (Å²) >= 11 is 1.65. The van der Waals surface area contributed by atoms with E-state index in [9.17, 15) is 5.26 Å². The Bertz CT molecular complexity index is 1250. The predicted molar refractivity (Wildman–Crippen MR) is 118 cm³/mol. The van der Waals surface area contributed by atoms with Crippen molar-refractivity contribution in [3.8, 4) is 23.1 Å². The SMILES string of the molecule is CCOc1nc2sc3cc4c(nc3c2c(-c2ccccc2)c1C#N)CCCCC4. The number of aromatic nitrogens is 2. The van der Waals surface area contributed by atoms with Gasteiger partial charge in [-0.15, -0.1) is 11.3 Å². The minimum Gasteiger partial charge on any atom is -0.477 e. The van der Waals surface area contributed by atoms with E-state index in [4.69, 9.17) is 14.7 Å². The van der Waals surface area contributed by atoms with Crippen molar-refractivity contribution in [3.63, 3.8) is 0 Å². The van der Waals surface area contributed by atoms with Crippen LogP contribution in [0.5, 0.6) is 5.88 Å². The van der Waals surface area contributed by atoms with Crippen molar-refractivity contribution in [1.29, 1.82) is 5.26 Å². The molecule has 0 unspecified atom stereocenters. The zero-order chi connectivity index (χ0) is 19.8. The fourth-order valence-electron chi connectivity index (χ4n) is 4.23. The van der Waals surface area contributed by atoms with Crippen LogP contribution in [-0.2, 0) is 12.8 Å². The maximum absolute atomic E-state index is 10.00. The third-order valence-corrected chi connectivity index (χ3v) is 6.57. The van der Waals surface area contributed by atoms with Gasteiger partial charge in [0.25, 0.3) is 0 Å². The molecule has 0 aliphatic heterocycles. The zero-order valence-corrected chi connectivity index (χ0v) is 17.2. The largest absolute Gasteiger partial charge is 0.477 e. The summed E-state index contributed by atoms with van der Waals surface area (Å²) in [7, 11) is 0. The number of benzene rings is 1. The van der Waals surface area contributed by atoms with Crippen LogP contribution in [0.15, 0.2) is 36.4 Å². The lowest BCUT2D eigenvalue weighted by atomic mass is 9.97. The van der Waals surface area contributed by atoms with Gasteiger partial charge in [-0.3, -0.25) is 4.98 Å². The number of hydrogen-bond acceptors (Lipinski definition) is 5. The summed E-state index contributed by atoms with van der Waals surface area (Å²) in [6, 6.07) is 14.7. The van der Waals surface area contributed by atoms with E-state index in [0.29, 0.717) is 18.1 Å². The predicted octanol–water partition coefficient (Wildman–Crippen LogP) is 6.05. The second-order valence-corrected chi connectivity index (χ2v) is 8.39. The molecule has 0 saturated heterocycles. The van der Waals surface area contributed by atoms with Crippen LogP contribution in [-0.4, -0.2) is 16.6 Å². The third-order valence-electron chi connectivity index (χ3n) is 5.55. The van der Waals surface area contributed by atoms with Gasteiger partial charge in [0.15, 0.2) is 0 Å². The molecule has 1 aliphatic carbocycles. The highest BCUT2D eigenvalue weighted by molar-refractivity contribution is 7.25. The van der Waals surface area contributed by atoms with Crippen molar-refractivity contribution >= 4 is 31.8 Å². The Labute approximate surface area is 173 Å². The van der Waals surface area contributed by atoms with Gasteiger partial charge in [0, 0.05) is 16.6 Å². The summed E-state index contributed by atoms with van der Waals surface area (Å²) in [5.41, 5.74) is 5.91. The second kappa shape index (κ2) is 7.46. The van der Waals surface area contributed by atoms with E-state index >= 15 is 0 Å². The van der Waals surface area contributed by atoms with Crippen LogP contribution in [0.3, 0.4) is 0 Å². The molecule has 5 heteroatoms. The van der Waals surface area contributed by atoms with Gasteiger partial charge in [0.1, 0.15) is 16.5 Å². The molecule has 0 radical (unpaired) electrons. The summed E-state index contributed by atoms with van der Waals surface area (Å²) in [5.74, 6) is 0.412. The Kier molecular flexibility index (Phi) is 4.65. The number of nitriles is 1. The van der Waals surface area contributed by atoms with Gasteiger partial charge in [-0.05, 0) is 49.8 Å². The van der Waals surface area contributed by atoms with Crippen LogP contribution in [0, 0.1) is 11.3 Å². The molecule has 0 spiro atoms. The van der Waals surface area contributed by atoms with E-state index in [0.717, 1.165) is 44.4 Å². The average molecular weight is 400 g/mol. The van der Waals surface area contributed by atoms with E-state index in [-0.39, 0.29) is 0 Å². The first kappa shape index (κ1) is 18.1. The molecule has 5 rings (SSSR count). The van der Waals surface area contributed by atoms with Gasteiger partial charge in [-0.2, -0.15) is 5.26 Å². The Hall–Kier alpha value is -2.97. The van der Waals surface area contributed by atoms with Crippen molar-refractivity contribution in [2.75, 3.05) is 6.61 Å². The zero-order valence-electron chi connectivity index (χ0n) is 16.4. The molecule has 0 bridgehead atoms. The molecule has 0 saturated carbocycles.